The summed E-state index contributed by atoms with van der Waals surface area (Å²) in [7, 11) is 0. The molecule has 2 N–H and O–H groups in total. The van der Waals surface area contributed by atoms with Gasteiger partial charge in [-0.1, -0.05) is 13.0 Å². The summed E-state index contributed by atoms with van der Waals surface area (Å²) in [6, 6.07) is 7.24. The van der Waals surface area contributed by atoms with Crippen LogP contribution < -0.4 is 15.4 Å². The molecule has 1 heterocycles. The molecule has 3 amide bonds. The summed E-state index contributed by atoms with van der Waals surface area (Å²) in [5.74, 6) is 0.648. The zero-order valence-corrected chi connectivity index (χ0v) is 15.4. The minimum absolute atomic E-state index is 0.0314. The van der Waals surface area contributed by atoms with E-state index in [-0.39, 0.29) is 24.0 Å². The first-order valence-electron chi connectivity index (χ1n) is 9.13. The Hall–Kier alpha value is -2.24. The summed E-state index contributed by atoms with van der Waals surface area (Å²) in [6.45, 7) is 7.73. The van der Waals surface area contributed by atoms with Crippen molar-refractivity contribution in [2.24, 2.45) is 5.92 Å². The summed E-state index contributed by atoms with van der Waals surface area (Å²) >= 11 is 0. The Morgan fingerprint density at radius 3 is 2.88 bits per heavy atom. The summed E-state index contributed by atoms with van der Waals surface area (Å²) < 4.78 is 5.79. The zero-order valence-electron chi connectivity index (χ0n) is 15.4. The molecule has 1 aromatic rings. The van der Waals surface area contributed by atoms with Crippen LogP contribution in [0.3, 0.4) is 0 Å². The Morgan fingerprint density at radius 2 is 2.16 bits per heavy atom. The maximum absolute atomic E-state index is 12.5. The molecule has 6 nitrogen and oxygen atoms in total. The number of carbonyl (C=O) groups excluding carboxylic acids is 2. The van der Waals surface area contributed by atoms with Gasteiger partial charge in [-0.25, -0.2) is 4.79 Å². The molecule has 6 heteroatoms. The summed E-state index contributed by atoms with van der Waals surface area (Å²) in [5.41, 5.74) is 0.700. The average Bonchev–Trinajstić information content (AvgIpc) is 2.62. The van der Waals surface area contributed by atoms with E-state index in [2.05, 4.69) is 17.6 Å². The first-order valence-corrected chi connectivity index (χ1v) is 9.13. The largest absolute Gasteiger partial charge is 0.491 e. The molecule has 1 aromatic carbocycles. The number of likely N-dealkylation sites (tertiary alicyclic amines) is 1. The van der Waals surface area contributed by atoms with Crippen molar-refractivity contribution < 1.29 is 14.3 Å². The Labute approximate surface area is 149 Å². The SMILES string of the molecule is CCNC(=O)[C@H]1CCCN(C(=O)Nc2cccc(O[C@H](C)CC)c2)C1. The van der Waals surface area contributed by atoms with Crippen LogP contribution in [0.5, 0.6) is 5.75 Å². The Kier molecular flexibility index (Phi) is 7.10. The molecular formula is C19H29N3O3. The Morgan fingerprint density at radius 1 is 1.36 bits per heavy atom. The molecule has 2 atom stereocenters. The number of ether oxygens (including phenoxy) is 1. The van der Waals surface area contributed by atoms with Crippen LogP contribution in [0.15, 0.2) is 24.3 Å². The highest BCUT2D eigenvalue weighted by atomic mass is 16.5. The van der Waals surface area contributed by atoms with Crippen molar-refractivity contribution in [1.82, 2.24) is 10.2 Å². The van der Waals surface area contributed by atoms with E-state index in [0.717, 1.165) is 25.0 Å². The van der Waals surface area contributed by atoms with Crippen molar-refractivity contribution in [3.63, 3.8) is 0 Å². The third kappa shape index (κ3) is 5.66. The average molecular weight is 347 g/mol. The van der Waals surface area contributed by atoms with Crippen LogP contribution in [0.1, 0.15) is 40.0 Å². The molecule has 0 spiro atoms. The van der Waals surface area contributed by atoms with Gasteiger partial charge in [-0.3, -0.25) is 4.79 Å². The molecule has 138 valence electrons. The van der Waals surface area contributed by atoms with E-state index in [4.69, 9.17) is 4.74 Å². The molecule has 1 saturated heterocycles. The molecule has 1 fully saturated rings. The number of hydrogen-bond acceptors (Lipinski definition) is 3. The van der Waals surface area contributed by atoms with Crippen molar-refractivity contribution in [2.75, 3.05) is 25.0 Å². The number of urea groups is 1. The van der Waals surface area contributed by atoms with Crippen molar-refractivity contribution in [3.05, 3.63) is 24.3 Å². The minimum atomic E-state index is -0.172. The standard InChI is InChI=1S/C19H29N3O3/c1-4-14(3)25-17-10-6-9-16(12-17)21-19(24)22-11-7-8-15(13-22)18(23)20-5-2/h6,9-10,12,14-15H,4-5,7-8,11,13H2,1-3H3,(H,20,23)(H,21,24)/t14-,15+/m1/s1. The van der Waals surface area contributed by atoms with Crippen LogP contribution in [0.2, 0.25) is 0 Å². The predicted molar refractivity (Wildman–Crippen MR) is 98.8 cm³/mol. The normalized spacial score (nSPS) is 18.4. The topological polar surface area (TPSA) is 70.7 Å². The lowest BCUT2D eigenvalue weighted by Gasteiger charge is -2.32. The maximum atomic E-state index is 12.5. The number of piperidine rings is 1. The number of rotatable bonds is 6. The molecular weight excluding hydrogens is 318 g/mol. The fourth-order valence-corrected chi connectivity index (χ4v) is 2.86. The predicted octanol–water partition coefficient (Wildman–Crippen LogP) is 3.24. The number of benzene rings is 1. The molecule has 0 unspecified atom stereocenters. The van der Waals surface area contributed by atoms with Crippen LogP contribution in [0.25, 0.3) is 0 Å². The second-order valence-electron chi connectivity index (χ2n) is 6.47. The van der Waals surface area contributed by atoms with Gasteiger partial charge in [0.05, 0.1) is 12.0 Å². The van der Waals surface area contributed by atoms with E-state index in [0.29, 0.717) is 25.3 Å². The lowest BCUT2D eigenvalue weighted by molar-refractivity contribution is -0.126. The number of hydrogen-bond donors (Lipinski definition) is 2. The van der Waals surface area contributed by atoms with Gasteiger partial charge in [0.1, 0.15) is 5.75 Å². The molecule has 0 radical (unpaired) electrons. The highest BCUT2D eigenvalue weighted by molar-refractivity contribution is 5.90. The first-order chi connectivity index (χ1) is 12.0. The van der Waals surface area contributed by atoms with Crippen molar-refractivity contribution >= 4 is 17.6 Å². The van der Waals surface area contributed by atoms with Crippen LogP contribution in [0.4, 0.5) is 10.5 Å². The van der Waals surface area contributed by atoms with Gasteiger partial charge in [-0.2, -0.15) is 0 Å². The lowest BCUT2D eigenvalue weighted by atomic mass is 9.97. The summed E-state index contributed by atoms with van der Waals surface area (Å²) in [6.07, 6.45) is 2.72. The lowest BCUT2D eigenvalue weighted by Crippen LogP contribution is -2.46. The monoisotopic (exact) mass is 347 g/mol. The first kappa shape index (κ1) is 19.1. The van der Waals surface area contributed by atoms with E-state index in [1.165, 1.54) is 0 Å². The highest BCUT2D eigenvalue weighted by Gasteiger charge is 2.28. The molecule has 1 aliphatic heterocycles. The number of nitrogens with zero attached hydrogens (tertiary/aromatic N) is 1. The smallest absolute Gasteiger partial charge is 0.321 e. The third-order valence-corrected chi connectivity index (χ3v) is 4.43. The second kappa shape index (κ2) is 9.30. The van der Waals surface area contributed by atoms with Gasteiger partial charge in [0.15, 0.2) is 0 Å². The molecule has 1 aliphatic rings. The van der Waals surface area contributed by atoms with Gasteiger partial charge in [0, 0.05) is 31.4 Å². The van der Waals surface area contributed by atoms with E-state index in [1.54, 1.807) is 4.90 Å². The number of nitrogens with one attached hydrogen (secondary N) is 2. The Balaban J connectivity index is 1.94. The molecule has 0 bridgehead atoms. The van der Waals surface area contributed by atoms with Gasteiger partial charge in [-0.05, 0) is 45.2 Å². The maximum Gasteiger partial charge on any atom is 0.321 e. The molecule has 2 rings (SSSR count). The minimum Gasteiger partial charge on any atom is -0.491 e. The van der Waals surface area contributed by atoms with Crippen LogP contribution >= 0.6 is 0 Å². The second-order valence-corrected chi connectivity index (χ2v) is 6.47. The molecule has 0 aromatic heterocycles. The quantitative estimate of drug-likeness (QED) is 0.830. The number of amides is 3. The fourth-order valence-electron chi connectivity index (χ4n) is 2.86. The van der Waals surface area contributed by atoms with Crippen molar-refractivity contribution in [2.45, 2.75) is 46.1 Å². The molecule has 0 aliphatic carbocycles. The van der Waals surface area contributed by atoms with Gasteiger partial charge in [0.2, 0.25) is 5.91 Å². The van der Waals surface area contributed by atoms with Crippen LogP contribution in [0, 0.1) is 5.92 Å². The molecule has 0 saturated carbocycles. The van der Waals surface area contributed by atoms with E-state index >= 15 is 0 Å². The van der Waals surface area contributed by atoms with Gasteiger partial charge < -0.3 is 20.3 Å². The third-order valence-electron chi connectivity index (χ3n) is 4.43. The van der Waals surface area contributed by atoms with Crippen LogP contribution in [-0.4, -0.2) is 42.6 Å². The van der Waals surface area contributed by atoms with Gasteiger partial charge in [-0.15, -0.1) is 0 Å². The Bertz CT molecular complexity index is 591. The summed E-state index contributed by atoms with van der Waals surface area (Å²) in [4.78, 5) is 26.3. The summed E-state index contributed by atoms with van der Waals surface area (Å²) in [5, 5.41) is 5.75. The number of carbonyl (C=O) groups is 2. The van der Waals surface area contributed by atoms with E-state index in [9.17, 15) is 9.59 Å². The highest BCUT2D eigenvalue weighted by Crippen LogP contribution is 2.21. The zero-order chi connectivity index (χ0) is 18.2. The van der Waals surface area contributed by atoms with Crippen molar-refractivity contribution in [1.29, 1.82) is 0 Å². The van der Waals surface area contributed by atoms with E-state index in [1.807, 2.05) is 38.1 Å². The van der Waals surface area contributed by atoms with Gasteiger partial charge >= 0.3 is 6.03 Å². The fraction of sp³-hybridized carbons (Fsp3) is 0.579. The van der Waals surface area contributed by atoms with Crippen LogP contribution in [-0.2, 0) is 4.79 Å². The van der Waals surface area contributed by atoms with E-state index < -0.39 is 0 Å². The van der Waals surface area contributed by atoms with Crippen molar-refractivity contribution in [3.8, 4) is 5.75 Å². The molecule has 25 heavy (non-hydrogen) atoms. The van der Waals surface area contributed by atoms with Gasteiger partial charge in [0.25, 0.3) is 0 Å². The number of anilines is 1.